The highest BCUT2D eigenvalue weighted by atomic mass is 127. The zero-order valence-electron chi connectivity index (χ0n) is 18.0. The van der Waals surface area contributed by atoms with Crippen LogP contribution in [0.15, 0.2) is 34.2 Å². The number of halogens is 1. The summed E-state index contributed by atoms with van der Waals surface area (Å²) in [6, 6.07) is 7.07. The Hall–Kier alpha value is -0.870. The van der Waals surface area contributed by atoms with Crippen LogP contribution in [0.5, 0.6) is 0 Å². The molecule has 1 aliphatic heterocycles. The monoisotopic (exact) mass is 534 g/mol. The predicted molar refractivity (Wildman–Crippen MR) is 129 cm³/mol. The summed E-state index contributed by atoms with van der Waals surface area (Å²) in [6.07, 6.45) is 6.69. The molecule has 1 spiro atoms. The fourth-order valence-electron chi connectivity index (χ4n) is 4.39. The van der Waals surface area contributed by atoms with Gasteiger partial charge in [-0.1, -0.05) is 25.0 Å². The molecule has 29 heavy (non-hydrogen) atoms. The lowest BCUT2D eigenvalue weighted by Crippen LogP contribution is -2.40. The number of nitrogens with zero attached hydrogens (tertiary/aromatic N) is 3. The Morgan fingerprint density at radius 2 is 1.83 bits per heavy atom. The van der Waals surface area contributed by atoms with Crippen molar-refractivity contribution in [3.63, 3.8) is 0 Å². The number of nitrogens with one attached hydrogen (secondary N) is 1. The Kier molecular flexibility index (Phi) is 8.38. The van der Waals surface area contributed by atoms with Crippen LogP contribution in [0.2, 0.25) is 0 Å². The lowest BCUT2D eigenvalue weighted by Gasteiger charge is -2.26. The Morgan fingerprint density at radius 1 is 1.21 bits per heavy atom. The molecule has 2 aliphatic rings. The lowest BCUT2D eigenvalue weighted by molar-refractivity contribution is 0.309. The first-order valence-corrected chi connectivity index (χ1v) is 11.7. The van der Waals surface area contributed by atoms with E-state index in [1.807, 2.05) is 33.0 Å². The third kappa shape index (κ3) is 5.44. The Morgan fingerprint density at radius 3 is 2.38 bits per heavy atom. The van der Waals surface area contributed by atoms with E-state index in [0.29, 0.717) is 16.9 Å². The van der Waals surface area contributed by atoms with Crippen LogP contribution in [0, 0.1) is 5.41 Å². The number of guanidine groups is 1. The average Bonchev–Trinajstić information content (AvgIpc) is 3.32. The van der Waals surface area contributed by atoms with Crippen molar-refractivity contribution >= 4 is 40.0 Å². The van der Waals surface area contributed by atoms with E-state index in [1.54, 1.807) is 19.2 Å². The van der Waals surface area contributed by atoms with E-state index >= 15 is 0 Å². The summed E-state index contributed by atoms with van der Waals surface area (Å²) < 4.78 is 26.6. The molecule has 1 saturated carbocycles. The Labute approximate surface area is 193 Å². The van der Waals surface area contributed by atoms with Crippen molar-refractivity contribution < 1.29 is 8.42 Å². The van der Waals surface area contributed by atoms with Gasteiger partial charge in [0.15, 0.2) is 5.96 Å². The van der Waals surface area contributed by atoms with Gasteiger partial charge in [0, 0.05) is 39.8 Å². The summed E-state index contributed by atoms with van der Waals surface area (Å²) in [5.74, 6) is 0.944. The summed E-state index contributed by atoms with van der Waals surface area (Å²) >= 11 is 0. The van der Waals surface area contributed by atoms with Gasteiger partial charge in [-0.2, -0.15) is 4.31 Å². The summed E-state index contributed by atoms with van der Waals surface area (Å²) in [6.45, 7) is 6.55. The molecule has 1 saturated heterocycles. The topological polar surface area (TPSA) is 65.0 Å². The molecular weight excluding hydrogens is 499 g/mol. The normalized spacial score (nSPS) is 19.2. The fourth-order valence-corrected chi connectivity index (χ4v) is 5.75. The molecule has 1 aromatic carbocycles. The van der Waals surface area contributed by atoms with Crippen molar-refractivity contribution in [1.82, 2.24) is 14.5 Å². The largest absolute Gasteiger partial charge is 0.352 e. The maximum atomic E-state index is 12.6. The lowest BCUT2D eigenvalue weighted by atomic mass is 9.86. The van der Waals surface area contributed by atoms with Crippen LogP contribution >= 0.6 is 24.0 Å². The first-order valence-electron chi connectivity index (χ1n) is 10.3. The van der Waals surface area contributed by atoms with E-state index in [0.717, 1.165) is 24.6 Å². The number of aliphatic imine (C=N–C) groups is 1. The Bertz CT molecular complexity index is 802. The van der Waals surface area contributed by atoms with Crippen molar-refractivity contribution in [3.05, 3.63) is 29.8 Å². The van der Waals surface area contributed by atoms with E-state index in [2.05, 4.69) is 15.2 Å². The van der Waals surface area contributed by atoms with Gasteiger partial charge in [-0.3, -0.25) is 4.99 Å². The van der Waals surface area contributed by atoms with Crippen LogP contribution in [0.4, 0.5) is 0 Å². The molecule has 0 atom stereocenters. The standard InChI is InChI=1S/C21H34N4O2S.HI/c1-17(2)24(4)28(26,27)19-9-7-18(8-10-19)15-23-20(22-3)25-14-13-21(16-25)11-5-6-12-21;/h7-10,17H,5-6,11-16H2,1-4H3,(H,22,23);1H. The van der Waals surface area contributed by atoms with Crippen LogP contribution in [-0.2, 0) is 16.6 Å². The smallest absolute Gasteiger partial charge is 0.243 e. The second-order valence-corrected chi connectivity index (χ2v) is 10.5. The van der Waals surface area contributed by atoms with Gasteiger partial charge in [0.25, 0.3) is 0 Å². The van der Waals surface area contributed by atoms with Crippen LogP contribution < -0.4 is 5.32 Å². The highest BCUT2D eigenvalue weighted by molar-refractivity contribution is 14.0. The number of likely N-dealkylation sites (tertiary alicyclic amines) is 1. The van der Waals surface area contributed by atoms with Crippen LogP contribution in [-0.4, -0.2) is 56.8 Å². The molecule has 0 unspecified atom stereocenters. The minimum absolute atomic E-state index is 0. The maximum absolute atomic E-state index is 12.6. The molecule has 1 aromatic rings. The molecule has 0 amide bonds. The first-order chi connectivity index (χ1) is 13.3. The molecule has 1 heterocycles. The quantitative estimate of drug-likeness (QED) is 0.356. The SMILES string of the molecule is CN=C(NCc1ccc(S(=O)(=O)N(C)C(C)C)cc1)N1CCC2(CCCC2)C1.I. The molecule has 2 fully saturated rings. The fraction of sp³-hybridized carbons (Fsp3) is 0.667. The van der Waals surface area contributed by atoms with Crippen molar-refractivity contribution in [2.24, 2.45) is 10.4 Å². The minimum atomic E-state index is -3.44. The maximum Gasteiger partial charge on any atom is 0.243 e. The highest BCUT2D eigenvalue weighted by Gasteiger charge is 2.41. The predicted octanol–water partition coefficient (Wildman–Crippen LogP) is 3.68. The number of benzene rings is 1. The van der Waals surface area contributed by atoms with Gasteiger partial charge in [-0.15, -0.1) is 24.0 Å². The van der Waals surface area contributed by atoms with E-state index in [1.165, 1.54) is 36.4 Å². The zero-order chi connectivity index (χ0) is 20.4. The minimum Gasteiger partial charge on any atom is -0.352 e. The van der Waals surface area contributed by atoms with E-state index in [9.17, 15) is 8.42 Å². The summed E-state index contributed by atoms with van der Waals surface area (Å²) in [7, 11) is 0.0144. The number of sulfonamides is 1. The molecule has 164 valence electrons. The molecule has 0 aromatic heterocycles. The molecule has 1 aliphatic carbocycles. The van der Waals surface area contributed by atoms with Crippen molar-refractivity contribution in [1.29, 1.82) is 0 Å². The van der Waals surface area contributed by atoms with Crippen molar-refractivity contribution in [3.8, 4) is 0 Å². The van der Waals surface area contributed by atoms with Gasteiger partial charge in [0.05, 0.1) is 4.90 Å². The molecule has 0 radical (unpaired) electrons. The first kappa shape index (κ1) is 24.4. The van der Waals surface area contributed by atoms with Gasteiger partial charge >= 0.3 is 0 Å². The molecule has 8 heteroatoms. The number of rotatable bonds is 5. The number of hydrogen-bond donors (Lipinski definition) is 1. The van der Waals surface area contributed by atoms with Crippen LogP contribution in [0.25, 0.3) is 0 Å². The molecule has 6 nitrogen and oxygen atoms in total. The summed E-state index contributed by atoms with van der Waals surface area (Å²) in [5, 5.41) is 3.45. The summed E-state index contributed by atoms with van der Waals surface area (Å²) in [5.41, 5.74) is 1.55. The molecule has 0 bridgehead atoms. The highest BCUT2D eigenvalue weighted by Crippen LogP contribution is 2.45. The molecular formula is C21H35IN4O2S. The second kappa shape index (κ2) is 9.96. The van der Waals surface area contributed by atoms with Gasteiger partial charge in [0.1, 0.15) is 0 Å². The van der Waals surface area contributed by atoms with Crippen LogP contribution in [0.1, 0.15) is 51.5 Å². The summed E-state index contributed by atoms with van der Waals surface area (Å²) in [4.78, 5) is 7.18. The van der Waals surface area contributed by atoms with Gasteiger partial charge in [-0.25, -0.2) is 8.42 Å². The van der Waals surface area contributed by atoms with Gasteiger partial charge < -0.3 is 10.2 Å². The van der Waals surface area contributed by atoms with Gasteiger partial charge in [-0.05, 0) is 56.2 Å². The van der Waals surface area contributed by atoms with E-state index in [-0.39, 0.29) is 30.0 Å². The number of hydrogen-bond acceptors (Lipinski definition) is 3. The van der Waals surface area contributed by atoms with E-state index in [4.69, 9.17) is 0 Å². The van der Waals surface area contributed by atoms with Crippen LogP contribution in [0.3, 0.4) is 0 Å². The Balaban J connectivity index is 0.00000300. The molecule has 3 rings (SSSR count). The third-order valence-corrected chi connectivity index (χ3v) is 8.44. The van der Waals surface area contributed by atoms with Crippen molar-refractivity contribution in [2.75, 3.05) is 27.2 Å². The van der Waals surface area contributed by atoms with Crippen molar-refractivity contribution in [2.45, 2.75) is 63.4 Å². The molecule has 1 N–H and O–H groups in total. The average molecular weight is 535 g/mol. The second-order valence-electron chi connectivity index (χ2n) is 8.54. The van der Waals surface area contributed by atoms with E-state index < -0.39 is 10.0 Å². The van der Waals surface area contributed by atoms with Gasteiger partial charge in [0.2, 0.25) is 10.0 Å². The third-order valence-electron chi connectivity index (χ3n) is 6.39. The zero-order valence-corrected chi connectivity index (χ0v) is 21.2.